The first kappa shape index (κ1) is 19.4. The van der Waals surface area contributed by atoms with Gasteiger partial charge in [-0.1, -0.05) is 25.1 Å². The molecule has 0 aliphatic rings. The summed E-state index contributed by atoms with van der Waals surface area (Å²) >= 11 is 0. The number of hydrogen-bond acceptors (Lipinski definition) is 5. The SMILES string of the molecule is CCc1ccc(NC(=O)c2cc(Nc3cc(C)ccc3OC)nc(C)n2)cc1. The summed E-state index contributed by atoms with van der Waals surface area (Å²) in [6.45, 7) is 5.85. The number of rotatable bonds is 6. The van der Waals surface area contributed by atoms with Crippen molar-refractivity contribution in [2.75, 3.05) is 17.7 Å². The molecule has 0 spiro atoms. The molecule has 1 aromatic heterocycles. The Morgan fingerprint density at radius 2 is 1.79 bits per heavy atom. The number of nitrogens with zero attached hydrogens (tertiary/aromatic N) is 2. The normalized spacial score (nSPS) is 10.4. The fourth-order valence-electron chi connectivity index (χ4n) is 2.82. The van der Waals surface area contributed by atoms with Gasteiger partial charge in [0.15, 0.2) is 0 Å². The second kappa shape index (κ2) is 8.52. The number of aryl methyl sites for hydroxylation is 3. The third kappa shape index (κ3) is 4.65. The molecule has 1 heterocycles. The van der Waals surface area contributed by atoms with Crippen LogP contribution in [0.4, 0.5) is 17.2 Å². The van der Waals surface area contributed by atoms with Crippen LogP contribution in [-0.4, -0.2) is 23.0 Å². The van der Waals surface area contributed by atoms with Crippen molar-refractivity contribution >= 4 is 23.1 Å². The molecule has 0 saturated carbocycles. The molecule has 6 heteroatoms. The number of ether oxygens (including phenoxy) is 1. The van der Waals surface area contributed by atoms with Crippen LogP contribution in [0.1, 0.15) is 34.4 Å². The van der Waals surface area contributed by atoms with E-state index in [9.17, 15) is 4.79 Å². The van der Waals surface area contributed by atoms with Crippen LogP contribution < -0.4 is 15.4 Å². The average Bonchev–Trinajstić information content (AvgIpc) is 2.68. The van der Waals surface area contributed by atoms with E-state index in [2.05, 4.69) is 27.5 Å². The highest BCUT2D eigenvalue weighted by Gasteiger charge is 2.12. The molecule has 2 N–H and O–H groups in total. The Labute approximate surface area is 165 Å². The van der Waals surface area contributed by atoms with Gasteiger partial charge in [0, 0.05) is 11.8 Å². The van der Waals surface area contributed by atoms with Gasteiger partial charge < -0.3 is 15.4 Å². The molecule has 3 rings (SSSR count). The number of carbonyl (C=O) groups excluding carboxylic acids is 1. The summed E-state index contributed by atoms with van der Waals surface area (Å²) in [6.07, 6.45) is 0.955. The van der Waals surface area contributed by atoms with Crippen LogP contribution >= 0.6 is 0 Å². The molecule has 0 aliphatic heterocycles. The van der Waals surface area contributed by atoms with Gasteiger partial charge in [0.2, 0.25) is 0 Å². The first-order chi connectivity index (χ1) is 13.5. The van der Waals surface area contributed by atoms with Crippen molar-refractivity contribution in [3.05, 3.63) is 71.2 Å². The maximum absolute atomic E-state index is 12.6. The first-order valence-electron chi connectivity index (χ1n) is 9.16. The van der Waals surface area contributed by atoms with Gasteiger partial charge in [-0.2, -0.15) is 0 Å². The van der Waals surface area contributed by atoms with Crippen LogP contribution in [-0.2, 0) is 6.42 Å². The lowest BCUT2D eigenvalue weighted by Crippen LogP contribution is -2.15. The maximum atomic E-state index is 12.6. The highest BCUT2D eigenvalue weighted by atomic mass is 16.5. The number of benzene rings is 2. The minimum absolute atomic E-state index is 0.283. The molecule has 0 fully saturated rings. The molecule has 1 amide bonds. The molecular formula is C22H24N4O2. The summed E-state index contributed by atoms with van der Waals surface area (Å²) in [7, 11) is 1.61. The highest BCUT2D eigenvalue weighted by molar-refractivity contribution is 6.03. The lowest BCUT2D eigenvalue weighted by Gasteiger charge is -2.13. The summed E-state index contributed by atoms with van der Waals surface area (Å²) in [6, 6.07) is 15.2. The topological polar surface area (TPSA) is 76.1 Å². The van der Waals surface area contributed by atoms with Crippen molar-refractivity contribution in [1.29, 1.82) is 0 Å². The third-order valence-electron chi connectivity index (χ3n) is 4.31. The van der Waals surface area contributed by atoms with Gasteiger partial charge >= 0.3 is 0 Å². The number of methoxy groups -OCH3 is 1. The van der Waals surface area contributed by atoms with Crippen molar-refractivity contribution in [2.45, 2.75) is 27.2 Å². The van der Waals surface area contributed by atoms with Gasteiger partial charge in [-0.15, -0.1) is 0 Å². The van der Waals surface area contributed by atoms with E-state index in [0.29, 0.717) is 23.1 Å². The van der Waals surface area contributed by atoms with E-state index in [-0.39, 0.29) is 5.91 Å². The van der Waals surface area contributed by atoms with Crippen LogP contribution in [0.2, 0.25) is 0 Å². The molecule has 144 valence electrons. The molecule has 0 unspecified atom stereocenters. The first-order valence-corrected chi connectivity index (χ1v) is 9.16. The molecule has 28 heavy (non-hydrogen) atoms. The predicted molar refractivity (Wildman–Crippen MR) is 112 cm³/mol. The zero-order valence-electron chi connectivity index (χ0n) is 16.5. The summed E-state index contributed by atoms with van der Waals surface area (Å²) < 4.78 is 5.39. The molecule has 0 atom stereocenters. The van der Waals surface area contributed by atoms with E-state index < -0.39 is 0 Å². The van der Waals surface area contributed by atoms with Crippen molar-refractivity contribution in [2.24, 2.45) is 0 Å². The Bertz CT molecular complexity index is 984. The highest BCUT2D eigenvalue weighted by Crippen LogP contribution is 2.28. The van der Waals surface area contributed by atoms with E-state index in [0.717, 1.165) is 23.4 Å². The minimum Gasteiger partial charge on any atom is -0.495 e. The number of amides is 1. The molecule has 0 bridgehead atoms. The summed E-state index contributed by atoms with van der Waals surface area (Å²) in [5.74, 6) is 1.45. The molecule has 3 aromatic rings. The largest absolute Gasteiger partial charge is 0.495 e. The standard InChI is InChI=1S/C22H24N4O2/c1-5-16-7-9-17(10-8-16)25-22(27)19-13-21(24-15(3)23-19)26-18-12-14(2)6-11-20(18)28-4/h6-13H,5H2,1-4H3,(H,25,27)(H,23,24,26). The van der Waals surface area contributed by atoms with Crippen LogP contribution in [0.5, 0.6) is 5.75 Å². The van der Waals surface area contributed by atoms with Gasteiger partial charge in [0.1, 0.15) is 23.1 Å². The van der Waals surface area contributed by atoms with Crippen LogP contribution in [0, 0.1) is 13.8 Å². The number of anilines is 3. The number of nitrogens with one attached hydrogen (secondary N) is 2. The minimum atomic E-state index is -0.283. The second-order valence-electron chi connectivity index (χ2n) is 6.52. The van der Waals surface area contributed by atoms with E-state index in [4.69, 9.17) is 4.74 Å². The Morgan fingerprint density at radius 3 is 2.46 bits per heavy atom. The lowest BCUT2D eigenvalue weighted by molar-refractivity contribution is 0.102. The number of aromatic nitrogens is 2. The number of carbonyl (C=O) groups is 1. The van der Waals surface area contributed by atoms with Gasteiger partial charge in [0.05, 0.1) is 12.8 Å². The monoisotopic (exact) mass is 376 g/mol. The Balaban J connectivity index is 1.82. The Morgan fingerprint density at radius 1 is 1.04 bits per heavy atom. The predicted octanol–water partition coefficient (Wildman–Crippen LogP) is 4.66. The molecule has 0 radical (unpaired) electrons. The smallest absolute Gasteiger partial charge is 0.274 e. The lowest BCUT2D eigenvalue weighted by atomic mass is 10.1. The van der Waals surface area contributed by atoms with E-state index in [1.165, 1.54) is 5.56 Å². The summed E-state index contributed by atoms with van der Waals surface area (Å²) in [5, 5.41) is 6.10. The fraction of sp³-hybridized carbons (Fsp3) is 0.227. The Kier molecular flexibility index (Phi) is 5.89. The Hall–Kier alpha value is -3.41. The average molecular weight is 376 g/mol. The zero-order valence-corrected chi connectivity index (χ0v) is 16.5. The van der Waals surface area contributed by atoms with Crippen LogP contribution in [0.25, 0.3) is 0 Å². The van der Waals surface area contributed by atoms with Gasteiger partial charge in [-0.05, 0) is 55.7 Å². The van der Waals surface area contributed by atoms with E-state index in [1.807, 2.05) is 49.4 Å². The van der Waals surface area contributed by atoms with Crippen molar-refractivity contribution < 1.29 is 9.53 Å². The van der Waals surface area contributed by atoms with Crippen molar-refractivity contribution in [1.82, 2.24) is 9.97 Å². The van der Waals surface area contributed by atoms with Crippen molar-refractivity contribution in [3.8, 4) is 5.75 Å². The van der Waals surface area contributed by atoms with Crippen LogP contribution in [0.15, 0.2) is 48.5 Å². The molecule has 0 aliphatic carbocycles. The van der Waals surface area contributed by atoms with Crippen LogP contribution in [0.3, 0.4) is 0 Å². The quantitative estimate of drug-likeness (QED) is 0.654. The van der Waals surface area contributed by atoms with E-state index >= 15 is 0 Å². The van der Waals surface area contributed by atoms with Gasteiger partial charge in [0.25, 0.3) is 5.91 Å². The van der Waals surface area contributed by atoms with Gasteiger partial charge in [-0.3, -0.25) is 4.79 Å². The maximum Gasteiger partial charge on any atom is 0.274 e. The van der Waals surface area contributed by atoms with E-state index in [1.54, 1.807) is 20.1 Å². The number of hydrogen-bond donors (Lipinski definition) is 2. The fourth-order valence-corrected chi connectivity index (χ4v) is 2.82. The second-order valence-corrected chi connectivity index (χ2v) is 6.52. The molecular weight excluding hydrogens is 352 g/mol. The molecule has 6 nitrogen and oxygen atoms in total. The summed E-state index contributed by atoms with van der Waals surface area (Å²) in [5.41, 5.74) is 4.11. The molecule has 0 saturated heterocycles. The zero-order chi connectivity index (χ0) is 20.1. The molecule has 2 aromatic carbocycles. The van der Waals surface area contributed by atoms with Crippen molar-refractivity contribution in [3.63, 3.8) is 0 Å². The summed E-state index contributed by atoms with van der Waals surface area (Å²) in [4.78, 5) is 21.3. The van der Waals surface area contributed by atoms with Gasteiger partial charge in [-0.25, -0.2) is 9.97 Å². The third-order valence-corrected chi connectivity index (χ3v) is 4.31.